The summed E-state index contributed by atoms with van der Waals surface area (Å²) in [5.74, 6) is 0.724. The predicted molar refractivity (Wildman–Crippen MR) is 85.1 cm³/mol. The molecule has 102 valence electrons. The van der Waals surface area contributed by atoms with Gasteiger partial charge in [0, 0.05) is 0 Å². The summed E-state index contributed by atoms with van der Waals surface area (Å²) in [4.78, 5) is 0. The number of hydrogen-bond donors (Lipinski definition) is 1. The minimum atomic E-state index is -2.44. The Bertz CT molecular complexity index is 371. The van der Waals surface area contributed by atoms with Gasteiger partial charge in [-0.05, 0) is 30.4 Å². The fraction of sp³-hybridized carbons (Fsp3) is 0.538. The van der Waals surface area contributed by atoms with Crippen molar-refractivity contribution in [2.75, 3.05) is 6.61 Å². The molecule has 0 N–H and O–H groups in total. The zero-order valence-corrected chi connectivity index (χ0v) is 13.4. The Labute approximate surface area is 120 Å². The van der Waals surface area contributed by atoms with E-state index in [1.54, 1.807) is 0 Å². The van der Waals surface area contributed by atoms with E-state index in [1.165, 1.54) is 25.7 Å². The number of benzene rings is 1. The lowest BCUT2D eigenvalue weighted by Gasteiger charge is -2.17. The van der Waals surface area contributed by atoms with Gasteiger partial charge in [0.25, 0.3) is 5.69 Å². The summed E-state index contributed by atoms with van der Waals surface area (Å²) in [6.45, 7) is 2.84. The average molecular weight is 304 g/mol. The van der Waals surface area contributed by atoms with Crippen LogP contribution < -0.4 is 4.52 Å². The van der Waals surface area contributed by atoms with Gasteiger partial charge in [0.15, 0.2) is 0 Å². The summed E-state index contributed by atoms with van der Waals surface area (Å²) in [6, 6.07) is 9.47. The number of para-hydroxylation sites is 1. The van der Waals surface area contributed by atoms with Gasteiger partial charge in [-0.2, -0.15) is 0 Å². The first-order chi connectivity index (χ1) is 8.64. The zero-order chi connectivity index (χ0) is 13.3. The van der Waals surface area contributed by atoms with Crippen molar-refractivity contribution in [3.05, 3.63) is 30.3 Å². The Kier molecular flexibility index (Phi) is 8.00. The molecule has 0 aliphatic carbocycles. The first-order valence-corrected chi connectivity index (χ1v) is 10.1. The van der Waals surface area contributed by atoms with Crippen LogP contribution in [-0.4, -0.2) is 6.61 Å². The number of hydrogen-bond acceptors (Lipinski definition) is 3. The van der Waals surface area contributed by atoms with Crippen molar-refractivity contribution in [3.63, 3.8) is 0 Å². The molecular weight excluding hydrogens is 283 g/mol. The molecule has 5 heteroatoms. The Balaban J connectivity index is 2.21. The molecule has 1 rings (SSSR count). The third kappa shape index (κ3) is 7.42. The van der Waals surface area contributed by atoms with Gasteiger partial charge in [-0.3, -0.25) is 0 Å². The van der Waals surface area contributed by atoms with Crippen molar-refractivity contribution in [1.29, 1.82) is 0 Å². The van der Waals surface area contributed by atoms with Crippen LogP contribution in [0.25, 0.3) is 0 Å². The molecule has 0 aliphatic rings. The molecule has 1 atom stereocenters. The highest BCUT2D eigenvalue weighted by molar-refractivity contribution is 8.60. The van der Waals surface area contributed by atoms with E-state index >= 15 is 0 Å². The molecule has 0 saturated carbocycles. The van der Waals surface area contributed by atoms with Crippen LogP contribution in [0.5, 0.6) is 5.75 Å². The third-order valence-corrected chi connectivity index (χ3v) is 4.55. The predicted octanol–water partition coefficient (Wildman–Crippen LogP) is 5.21. The van der Waals surface area contributed by atoms with Crippen LogP contribution >= 0.6 is 17.9 Å². The lowest BCUT2D eigenvalue weighted by molar-refractivity contribution is 0.311. The molecular formula is C13H21O2PS2. The summed E-state index contributed by atoms with van der Waals surface area (Å²) in [5.41, 5.74) is -2.44. The maximum Gasteiger partial charge on any atom is 0.294 e. The van der Waals surface area contributed by atoms with Gasteiger partial charge in [-0.15, -0.1) is 0 Å². The number of unbranched alkanes of at least 4 members (excludes halogenated alkanes) is 4. The molecule has 0 radical (unpaired) electrons. The number of thiol groups is 1. The van der Waals surface area contributed by atoms with Crippen LogP contribution in [0.1, 0.15) is 39.0 Å². The second kappa shape index (κ2) is 8.98. The minimum absolute atomic E-state index is 0.636. The Morgan fingerprint density at radius 1 is 1.11 bits per heavy atom. The molecule has 18 heavy (non-hydrogen) atoms. The van der Waals surface area contributed by atoms with Crippen molar-refractivity contribution >= 4 is 29.7 Å². The van der Waals surface area contributed by atoms with Crippen LogP contribution in [0.15, 0.2) is 30.3 Å². The fourth-order valence-corrected chi connectivity index (χ4v) is 3.34. The Morgan fingerprint density at radius 2 is 1.78 bits per heavy atom. The summed E-state index contributed by atoms with van der Waals surface area (Å²) in [6.07, 6.45) is 6.01. The van der Waals surface area contributed by atoms with Crippen molar-refractivity contribution < 1.29 is 9.05 Å². The summed E-state index contributed by atoms with van der Waals surface area (Å²) in [5, 5.41) is 0. The van der Waals surface area contributed by atoms with E-state index in [1.807, 2.05) is 30.3 Å². The first-order valence-electron chi connectivity index (χ1n) is 6.36. The number of rotatable bonds is 9. The molecule has 0 saturated heterocycles. The van der Waals surface area contributed by atoms with Gasteiger partial charge >= 0.3 is 0 Å². The lowest BCUT2D eigenvalue weighted by atomic mass is 10.2. The highest BCUT2D eigenvalue weighted by Gasteiger charge is 2.14. The average Bonchev–Trinajstić information content (AvgIpc) is 2.34. The molecule has 0 fully saturated rings. The highest BCUT2D eigenvalue weighted by atomic mass is 32.9. The van der Waals surface area contributed by atoms with E-state index in [9.17, 15) is 0 Å². The van der Waals surface area contributed by atoms with E-state index in [0.29, 0.717) is 6.61 Å². The van der Waals surface area contributed by atoms with Crippen molar-refractivity contribution in [1.82, 2.24) is 0 Å². The van der Waals surface area contributed by atoms with Crippen molar-refractivity contribution in [2.45, 2.75) is 39.0 Å². The van der Waals surface area contributed by atoms with Gasteiger partial charge in [-0.1, -0.05) is 63.1 Å². The maximum atomic E-state index is 5.60. The Morgan fingerprint density at radius 3 is 2.44 bits per heavy atom. The van der Waals surface area contributed by atoms with Gasteiger partial charge in [-0.25, -0.2) is 0 Å². The van der Waals surface area contributed by atoms with Crippen LogP contribution in [0.3, 0.4) is 0 Å². The first kappa shape index (κ1) is 16.0. The molecule has 0 amide bonds. The normalized spacial score (nSPS) is 14.1. The van der Waals surface area contributed by atoms with Gasteiger partial charge < -0.3 is 9.05 Å². The van der Waals surface area contributed by atoms with Crippen LogP contribution in [0, 0.1) is 0 Å². The standard InChI is InChI=1S/C13H21O2PS2/c1-2-3-4-5-9-12-14-16(17,18)15-13-10-7-6-8-11-13/h6-8,10-11H,2-5,9,12H2,1H3,(H,17,18). The van der Waals surface area contributed by atoms with E-state index in [0.717, 1.165) is 12.2 Å². The van der Waals surface area contributed by atoms with Crippen LogP contribution in [0.4, 0.5) is 0 Å². The SMILES string of the molecule is CCCCCCCOP(=S)(S)Oc1ccccc1. The summed E-state index contributed by atoms with van der Waals surface area (Å²) < 4.78 is 11.2. The van der Waals surface area contributed by atoms with E-state index in [2.05, 4.69) is 19.2 Å². The minimum Gasteiger partial charge on any atom is -0.436 e. The second-order valence-corrected chi connectivity index (χ2v) is 9.33. The van der Waals surface area contributed by atoms with Gasteiger partial charge in [0.05, 0.1) is 6.61 Å². The molecule has 0 aromatic heterocycles. The smallest absolute Gasteiger partial charge is 0.294 e. The summed E-state index contributed by atoms with van der Waals surface area (Å²) in [7, 11) is 0. The summed E-state index contributed by atoms with van der Waals surface area (Å²) >= 11 is 9.58. The van der Waals surface area contributed by atoms with Crippen molar-refractivity contribution in [2.24, 2.45) is 0 Å². The largest absolute Gasteiger partial charge is 0.436 e. The zero-order valence-electron chi connectivity index (χ0n) is 10.7. The molecule has 1 unspecified atom stereocenters. The maximum absolute atomic E-state index is 5.60. The molecule has 1 aromatic carbocycles. The van der Waals surface area contributed by atoms with Crippen molar-refractivity contribution in [3.8, 4) is 5.75 Å². The molecule has 0 aliphatic heterocycles. The lowest BCUT2D eigenvalue weighted by Crippen LogP contribution is -1.95. The van der Waals surface area contributed by atoms with Crippen LogP contribution in [0.2, 0.25) is 0 Å². The molecule has 0 bridgehead atoms. The highest BCUT2D eigenvalue weighted by Crippen LogP contribution is 2.53. The fourth-order valence-electron chi connectivity index (χ4n) is 1.53. The van der Waals surface area contributed by atoms with Gasteiger partial charge in [0.1, 0.15) is 5.75 Å². The molecule has 2 nitrogen and oxygen atoms in total. The van der Waals surface area contributed by atoms with E-state index in [4.69, 9.17) is 20.9 Å². The van der Waals surface area contributed by atoms with E-state index in [-0.39, 0.29) is 0 Å². The molecule has 0 heterocycles. The van der Waals surface area contributed by atoms with Gasteiger partial charge in [0.2, 0.25) is 0 Å². The Hall–Kier alpha value is -0.0200. The van der Waals surface area contributed by atoms with E-state index < -0.39 is 5.69 Å². The topological polar surface area (TPSA) is 18.5 Å². The third-order valence-electron chi connectivity index (χ3n) is 2.47. The quantitative estimate of drug-likeness (QED) is 0.384. The molecule has 0 spiro atoms. The monoisotopic (exact) mass is 304 g/mol. The molecule has 1 aromatic rings. The van der Waals surface area contributed by atoms with Crippen LogP contribution in [-0.2, 0) is 16.3 Å². The second-order valence-electron chi connectivity index (χ2n) is 4.12.